The van der Waals surface area contributed by atoms with E-state index in [0.717, 1.165) is 15.6 Å². The Labute approximate surface area is 127 Å². The molecule has 3 rings (SSSR count). The molecule has 1 fully saturated rings. The number of benzene rings is 2. The lowest BCUT2D eigenvalue weighted by Crippen LogP contribution is -2.26. The minimum atomic E-state index is -0.317. The molecule has 1 heterocycles. The number of hydrogen-bond donors (Lipinski definition) is 1. The molecule has 0 aromatic heterocycles. The number of halogens is 1. The molecule has 3 heteroatoms. The maximum Gasteiger partial charge on any atom is 0.0858 e. The van der Waals surface area contributed by atoms with E-state index in [9.17, 15) is 5.11 Å². The normalized spacial score (nSPS) is 26.4. The zero-order chi connectivity index (χ0) is 13.9. The van der Waals surface area contributed by atoms with E-state index in [1.54, 1.807) is 0 Å². The van der Waals surface area contributed by atoms with Crippen molar-refractivity contribution in [3.63, 3.8) is 0 Å². The van der Waals surface area contributed by atoms with E-state index in [1.807, 2.05) is 30.3 Å². The van der Waals surface area contributed by atoms with Crippen molar-refractivity contribution in [2.24, 2.45) is 0 Å². The molecular weight excluding hydrogens is 316 g/mol. The Bertz CT molecular complexity index is 553. The van der Waals surface area contributed by atoms with Gasteiger partial charge >= 0.3 is 0 Å². The zero-order valence-electron chi connectivity index (χ0n) is 11.1. The van der Waals surface area contributed by atoms with Gasteiger partial charge in [-0.2, -0.15) is 0 Å². The summed E-state index contributed by atoms with van der Waals surface area (Å²) in [6.07, 6.45) is 0.926. The lowest BCUT2D eigenvalue weighted by Gasteiger charge is -2.33. The Morgan fingerprint density at radius 2 is 1.40 bits per heavy atom. The number of ether oxygens (including phenoxy) is 1. The lowest BCUT2D eigenvalue weighted by atomic mass is 9.93. The van der Waals surface area contributed by atoms with E-state index < -0.39 is 0 Å². The van der Waals surface area contributed by atoms with E-state index in [1.165, 1.54) is 0 Å². The highest BCUT2D eigenvalue weighted by atomic mass is 79.9. The van der Waals surface area contributed by atoms with Gasteiger partial charge in [-0.15, -0.1) is 0 Å². The van der Waals surface area contributed by atoms with Crippen LogP contribution < -0.4 is 0 Å². The molecule has 1 aliphatic heterocycles. The van der Waals surface area contributed by atoms with Crippen LogP contribution in [0.5, 0.6) is 0 Å². The van der Waals surface area contributed by atoms with E-state index in [-0.39, 0.29) is 18.3 Å². The summed E-state index contributed by atoms with van der Waals surface area (Å²) in [5.41, 5.74) is 2.25. The summed E-state index contributed by atoms with van der Waals surface area (Å²) in [5.74, 6) is 0. The fourth-order valence-electron chi connectivity index (χ4n) is 2.67. The van der Waals surface area contributed by atoms with Crippen LogP contribution in [0.2, 0.25) is 0 Å². The summed E-state index contributed by atoms with van der Waals surface area (Å²) in [6.45, 7) is 0. The summed E-state index contributed by atoms with van der Waals surface area (Å²) >= 11 is 3.44. The van der Waals surface area contributed by atoms with Gasteiger partial charge in [0.05, 0.1) is 18.3 Å². The molecule has 0 amide bonds. The Morgan fingerprint density at radius 1 is 0.850 bits per heavy atom. The molecule has 104 valence electrons. The Kier molecular flexibility index (Phi) is 4.20. The Hall–Kier alpha value is -1.16. The van der Waals surface area contributed by atoms with Crippen molar-refractivity contribution in [1.82, 2.24) is 0 Å². The SMILES string of the molecule is O[C@H]1C[C@@H](c2ccc(Br)cc2)O[C@@H](c2ccccc2)C1. The fraction of sp³-hybridized carbons (Fsp3) is 0.294. The maximum atomic E-state index is 10.1. The van der Waals surface area contributed by atoms with Gasteiger partial charge in [0.2, 0.25) is 0 Å². The van der Waals surface area contributed by atoms with Crippen LogP contribution in [0.15, 0.2) is 59.1 Å². The summed E-state index contributed by atoms with van der Waals surface area (Å²) in [7, 11) is 0. The molecule has 1 N–H and O–H groups in total. The van der Waals surface area contributed by atoms with Crippen LogP contribution in [0.3, 0.4) is 0 Å². The Morgan fingerprint density at radius 3 is 2.00 bits per heavy atom. The second-order valence-corrected chi connectivity index (χ2v) is 6.12. The van der Waals surface area contributed by atoms with Gasteiger partial charge < -0.3 is 9.84 Å². The van der Waals surface area contributed by atoms with Crippen LogP contribution in [0.4, 0.5) is 0 Å². The van der Waals surface area contributed by atoms with Crippen molar-refractivity contribution in [2.75, 3.05) is 0 Å². The van der Waals surface area contributed by atoms with Gasteiger partial charge in [-0.1, -0.05) is 58.4 Å². The smallest absolute Gasteiger partial charge is 0.0858 e. The molecule has 0 bridgehead atoms. The van der Waals surface area contributed by atoms with Crippen LogP contribution >= 0.6 is 15.9 Å². The molecule has 2 nitrogen and oxygen atoms in total. The highest BCUT2D eigenvalue weighted by Gasteiger charge is 2.30. The van der Waals surface area contributed by atoms with Crippen molar-refractivity contribution in [3.8, 4) is 0 Å². The topological polar surface area (TPSA) is 29.5 Å². The minimum absolute atomic E-state index is 0.0337. The molecular formula is C17H17BrO2. The summed E-state index contributed by atoms with van der Waals surface area (Å²) in [4.78, 5) is 0. The molecule has 0 radical (unpaired) electrons. The third-order valence-corrected chi connectivity index (χ3v) is 4.24. The zero-order valence-corrected chi connectivity index (χ0v) is 12.7. The van der Waals surface area contributed by atoms with Crippen molar-refractivity contribution in [2.45, 2.75) is 31.2 Å². The summed E-state index contributed by atoms with van der Waals surface area (Å²) < 4.78 is 7.25. The number of aliphatic hydroxyl groups excluding tert-OH is 1. The largest absolute Gasteiger partial charge is 0.393 e. The van der Waals surface area contributed by atoms with Gasteiger partial charge in [-0.3, -0.25) is 0 Å². The number of rotatable bonds is 2. The first kappa shape index (κ1) is 13.8. The standard InChI is InChI=1S/C17H17BrO2/c18-14-8-6-13(7-9-14)17-11-15(19)10-16(20-17)12-4-2-1-3-5-12/h1-9,15-17,19H,10-11H2/t15-,16-,17+/m1/s1. The predicted octanol–water partition coefficient (Wildman–Crippen LogP) is 4.40. The molecule has 1 saturated heterocycles. The highest BCUT2D eigenvalue weighted by Crippen LogP contribution is 2.38. The van der Waals surface area contributed by atoms with Gasteiger partial charge in [0.25, 0.3) is 0 Å². The van der Waals surface area contributed by atoms with Gasteiger partial charge in [0, 0.05) is 17.3 Å². The monoisotopic (exact) mass is 332 g/mol. The van der Waals surface area contributed by atoms with Gasteiger partial charge in [0.15, 0.2) is 0 Å². The summed E-state index contributed by atoms with van der Waals surface area (Å²) in [5, 5.41) is 10.1. The van der Waals surface area contributed by atoms with Gasteiger partial charge in [-0.25, -0.2) is 0 Å². The first-order valence-electron chi connectivity index (χ1n) is 6.86. The second-order valence-electron chi connectivity index (χ2n) is 5.20. The average molecular weight is 333 g/mol. The molecule has 2 aromatic carbocycles. The van der Waals surface area contributed by atoms with Crippen molar-refractivity contribution >= 4 is 15.9 Å². The van der Waals surface area contributed by atoms with Gasteiger partial charge in [-0.05, 0) is 23.3 Å². The molecule has 0 saturated carbocycles. The average Bonchev–Trinajstić information content (AvgIpc) is 2.48. The van der Waals surface area contributed by atoms with Crippen molar-refractivity contribution in [3.05, 3.63) is 70.2 Å². The highest BCUT2D eigenvalue weighted by molar-refractivity contribution is 9.10. The minimum Gasteiger partial charge on any atom is -0.393 e. The molecule has 2 aromatic rings. The fourth-order valence-corrected chi connectivity index (χ4v) is 2.94. The quantitative estimate of drug-likeness (QED) is 0.882. The van der Waals surface area contributed by atoms with Gasteiger partial charge in [0.1, 0.15) is 0 Å². The third kappa shape index (κ3) is 3.11. The molecule has 3 atom stereocenters. The van der Waals surface area contributed by atoms with Crippen LogP contribution in [-0.4, -0.2) is 11.2 Å². The molecule has 0 unspecified atom stereocenters. The van der Waals surface area contributed by atoms with E-state index in [0.29, 0.717) is 12.8 Å². The van der Waals surface area contributed by atoms with Crippen LogP contribution in [0.1, 0.15) is 36.2 Å². The van der Waals surface area contributed by atoms with Crippen LogP contribution in [0.25, 0.3) is 0 Å². The number of hydrogen-bond acceptors (Lipinski definition) is 2. The molecule has 0 spiro atoms. The Balaban J connectivity index is 1.81. The van der Waals surface area contributed by atoms with Crippen molar-refractivity contribution in [1.29, 1.82) is 0 Å². The molecule has 0 aliphatic carbocycles. The predicted molar refractivity (Wildman–Crippen MR) is 82.4 cm³/mol. The molecule has 20 heavy (non-hydrogen) atoms. The first-order valence-corrected chi connectivity index (χ1v) is 7.65. The molecule has 1 aliphatic rings. The lowest BCUT2D eigenvalue weighted by molar-refractivity contribution is -0.0998. The number of aliphatic hydroxyl groups is 1. The van der Waals surface area contributed by atoms with E-state index >= 15 is 0 Å². The van der Waals surface area contributed by atoms with Crippen LogP contribution in [0, 0.1) is 0 Å². The van der Waals surface area contributed by atoms with Crippen molar-refractivity contribution < 1.29 is 9.84 Å². The first-order chi connectivity index (χ1) is 9.72. The van der Waals surface area contributed by atoms with E-state index in [4.69, 9.17) is 4.74 Å². The third-order valence-electron chi connectivity index (χ3n) is 3.71. The summed E-state index contributed by atoms with van der Waals surface area (Å²) in [6, 6.07) is 18.2. The van der Waals surface area contributed by atoms with Crippen LogP contribution in [-0.2, 0) is 4.74 Å². The second kappa shape index (κ2) is 6.08. The van der Waals surface area contributed by atoms with E-state index in [2.05, 4.69) is 40.2 Å². The maximum absolute atomic E-state index is 10.1.